The first-order chi connectivity index (χ1) is 9.63. The number of rotatable bonds is 4. The number of carbonyl (C=O) groups is 3. The minimum absolute atomic E-state index is 0.283. The van der Waals surface area contributed by atoms with E-state index in [0.29, 0.717) is 19.3 Å². The lowest BCUT2D eigenvalue weighted by molar-refractivity contribution is -0.161. The van der Waals surface area contributed by atoms with E-state index in [1.807, 2.05) is 30.3 Å². The van der Waals surface area contributed by atoms with Gasteiger partial charge in [-0.05, 0) is 12.0 Å². The molecule has 0 bridgehead atoms. The van der Waals surface area contributed by atoms with Crippen molar-refractivity contribution in [3.05, 3.63) is 35.9 Å². The molecule has 0 unspecified atom stereocenters. The van der Waals surface area contributed by atoms with E-state index in [-0.39, 0.29) is 18.2 Å². The number of piperidine rings is 1. The summed E-state index contributed by atoms with van der Waals surface area (Å²) >= 11 is 0. The highest BCUT2D eigenvalue weighted by molar-refractivity contribution is 6.01. The van der Waals surface area contributed by atoms with E-state index >= 15 is 0 Å². The lowest BCUT2D eigenvalue weighted by atomic mass is 10.0. The normalized spacial score (nSPS) is 16.9. The molecule has 2 amide bonds. The van der Waals surface area contributed by atoms with Crippen molar-refractivity contribution in [1.82, 2.24) is 4.90 Å². The number of hydrogen-bond acceptors (Lipinski definition) is 4. The summed E-state index contributed by atoms with van der Waals surface area (Å²) in [6.45, 7) is 0. The summed E-state index contributed by atoms with van der Waals surface area (Å²) in [6, 6.07) is 8.41. The molecule has 1 aromatic rings. The molecule has 1 aliphatic heterocycles. The summed E-state index contributed by atoms with van der Waals surface area (Å²) in [5.74, 6) is -1.15. The zero-order chi connectivity index (χ0) is 14.5. The van der Waals surface area contributed by atoms with Crippen LogP contribution >= 0.6 is 0 Å². The number of benzene rings is 1. The first-order valence-corrected chi connectivity index (χ1v) is 6.60. The second kappa shape index (κ2) is 6.32. The Morgan fingerprint density at radius 1 is 1.20 bits per heavy atom. The highest BCUT2D eigenvalue weighted by Crippen LogP contribution is 2.19. The van der Waals surface area contributed by atoms with Gasteiger partial charge in [0, 0.05) is 19.3 Å². The Kier molecular flexibility index (Phi) is 4.50. The Morgan fingerprint density at radius 2 is 1.80 bits per heavy atom. The van der Waals surface area contributed by atoms with Crippen molar-refractivity contribution in [1.29, 1.82) is 0 Å². The van der Waals surface area contributed by atoms with Crippen LogP contribution < -0.4 is 0 Å². The molecule has 1 fully saturated rings. The van der Waals surface area contributed by atoms with Gasteiger partial charge in [-0.15, -0.1) is 0 Å². The van der Waals surface area contributed by atoms with Crippen LogP contribution in [0, 0.1) is 0 Å². The molecule has 0 aliphatic carbocycles. The second-order valence-electron chi connectivity index (χ2n) is 4.74. The van der Waals surface area contributed by atoms with Crippen LogP contribution in [-0.4, -0.2) is 35.8 Å². The molecule has 5 nitrogen and oxygen atoms in total. The maximum atomic E-state index is 12.0. The van der Waals surface area contributed by atoms with Crippen molar-refractivity contribution in [3.8, 4) is 0 Å². The molecule has 5 heteroatoms. The minimum atomic E-state index is -0.873. The van der Waals surface area contributed by atoms with Crippen molar-refractivity contribution in [2.45, 2.75) is 31.7 Å². The number of nitrogens with zero attached hydrogens (tertiary/aromatic N) is 1. The lowest BCUT2D eigenvalue weighted by Crippen LogP contribution is -2.51. The Labute approximate surface area is 117 Å². The van der Waals surface area contributed by atoms with Crippen LogP contribution in [0.4, 0.5) is 0 Å². The molecule has 1 aliphatic rings. The van der Waals surface area contributed by atoms with Crippen LogP contribution in [-0.2, 0) is 25.5 Å². The third-order valence-electron chi connectivity index (χ3n) is 3.38. The number of hydrogen-bond donors (Lipinski definition) is 0. The predicted molar refractivity (Wildman–Crippen MR) is 71.7 cm³/mol. The number of amides is 2. The van der Waals surface area contributed by atoms with Gasteiger partial charge in [0.15, 0.2) is 0 Å². The molecule has 1 aromatic carbocycles. The Balaban J connectivity index is 2.25. The van der Waals surface area contributed by atoms with E-state index in [0.717, 1.165) is 10.5 Å². The van der Waals surface area contributed by atoms with Gasteiger partial charge in [0.25, 0.3) is 0 Å². The molecular formula is C15H17NO4. The summed E-state index contributed by atoms with van der Waals surface area (Å²) in [6.07, 6.45) is 1.43. The van der Waals surface area contributed by atoms with Crippen molar-refractivity contribution in [2.75, 3.05) is 7.11 Å². The van der Waals surface area contributed by atoms with Gasteiger partial charge in [0.2, 0.25) is 11.8 Å². The number of methoxy groups -OCH3 is 1. The number of ether oxygens (including phenoxy) is 1. The van der Waals surface area contributed by atoms with Crippen molar-refractivity contribution >= 4 is 17.8 Å². The van der Waals surface area contributed by atoms with E-state index in [9.17, 15) is 14.4 Å². The second-order valence-corrected chi connectivity index (χ2v) is 4.74. The molecule has 1 heterocycles. The molecule has 0 aromatic heterocycles. The van der Waals surface area contributed by atoms with Crippen LogP contribution in [0.15, 0.2) is 30.3 Å². The standard InChI is InChI=1S/C15H17NO4/c1-20-15(19)12(10-11-6-3-2-4-7-11)16-13(17)8-5-9-14(16)18/h2-4,6-7,12H,5,8-10H2,1H3/t12-/m1/s1. The SMILES string of the molecule is COC(=O)[C@@H](Cc1ccccc1)N1C(=O)CCCC1=O. The molecule has 0 saturated carbocycles. The van der Waals surface area contributed by atoms with Crippen LogP contribution in [0.5, 0.6) is 0 Å². The molecule has 0 radical (unpaired) electrons. The Hall–Kier alpha value is -2.17. The average molecular weight is 275 g/mol. The largest absolute Gasteiger partial charge is 0.467 e. The molecule has 2 rings (SSSR count). The predicted octanol–water partition coefficient (Wildman–Crippen LogP) is 1.31. The third kappa shape index (κ3) is 3.04. The summed E-state index contributed by atoms with van der Waals surface area (Å²) in [5.41, 5.74) is 0.883. The summed E-state index contributed by atoms with van der Waals surface area (Å²) in [4.78, 5) is 36.9. The Morgan fingerprint density at radius 3 is 2.35 bits per heavy atom. The highest BCUT2D eigenvalue weighted by Gasteiger charge is 2.37. The van der Waals surface area contributed by atoms with Gasteiger partial charge in [0.1, 0.15) is 6.04 Å². The van der Waals surface area contributed by atoms with E-state index in [1.54, 1.807) is 0 Å². The van der Waals surface area contributed by atoms with Crippen molar-refractivity contribution in [2.24, 2.45) is 0 Å². The summed E-state index contributed by atoms with van der Waals surface area (Å²) in [5, 5.41) is 0. The number of carbonyl (C=O) groups excluding carboxylic acids is 3. The molecule has 20 heavy (non-hydrogen) atoms. The van der Waals surface area contributed by atoms with Gasteiger partial charge in [0.05, 0.1) is 7.11 Å². The zero-order valence-corrected chi connectivity index (χ0v) is 11.4. The van der Waals surface area contributed by atoms with Crippen LogP contribution in [0.2, 0.25) is 0 Å². The molecule has 1 atom stereocenters. The Bertz CT molecular complexity index is 496. The first kappa shape index (κ1) is 14.2. The molecule has 0 spiro atoms. The molecule has 1 saturated heterocycles. The first-order valence-electron chi connectivity index (χ1n) is 6.60. The van der Waals surface area contributed by atoms with Crippen molar-refractivity contribution in [3.63, 3.8) is 0 Å². The van der Waals surface area contributed by atoms with Gasteiger partial charge in [-0.2, -0.15) is 0 Å². The number of esters is 1. The minimum Gasteiger partial charge on any atom is -0.467 e. The molecular weight excluding hydrogens is 258 g/mol. The average Bonchev–Trinajstić information content (AvgIpc) is 2.46. The van der Waals surface area contributed by atoms with Gasteiger partial charge in [-0.1, -0.05) is 30.3 Å². The number of imide groups is 1. The van der Waals surface area contributed by atoms with E-state index in [4.69, 9.17) is 4.74 Å². The van der Waals surface area contributed by atoms with Crippen molar-refractivity contribution < 1.29 is 19.1 Å². The summed E-state index contributed by atoms with van der Waals surface area (Å²) < 4.78 is 4.75. The van der Waals surface area contributed by atoms with Gasteiger partial charge in [-0.25, -0.2) is 4.79 Å². The lowest BCUT2D eigenvalue weighted by Gasteiger charge is -2.31. The fourth-order valence-electron chi connectivity index (χ4n) is 2.37. The van der Waals surface area contributed by atoms with E-state index in [2.05, 4.69) is 0 Å². The van der Waals surface area contributed by atoms with Crippen LogP contribution in [0.25, 0.3) is 0 Å². The van der Waals surface area contributed by atoms with Gasteiger partial charge in [-0.3, -0.25) is 14.5 Å². The fourth-order valence-corrected chi connectivity index (χ4v) is 2.37. The summed E-state index contributed by atoms with van der Waals surface area (Å²) in [7, 11) is 1.26. The zero-order valence-electron chi connectivity index (χ0n) is 11.4. The van der Waals surface area contributed by atoms with Gasteiger partial charge >= 0.3 is 5.97 Å². The smallest absolute Gasteiger partial charge is 0.329 e. The quantitative estimate of drug-likeness (QED) is 0.614. The third-order valence-corrected chi connectivity index (χ3v) is 3.38. The molecule has 0 N–H and O–H groups in total. The van der Waals surface area contributed by atoms with Crippen LogP contribution in [0.1, 0.15) is 24.8 Å². The molecule has 106 valence electrons. The maximum Gasteiger partial charge on any atom is 0.329 e. The highest BCUT2D eigenvalue weighted by atomic mass is 16.5. The van der Waals surface area contributed by atoms with Gasteiger partial charge < -0.3 is 4.74 Å². The van der Waals surface area contributed by atoms with E-state index in [1.165, 1.54) is 7.11 Å². The topological polar surface area (TPSA) is 63.7 Å². The van der Waals surface area contributed by atoms with E-state index < -0.39 is 12.0 Å². The maximum absolute atomic E-state index is 12.0. The monoisotopic (exact) mass is 275 g/mol. The van der Waals surface area contributed by atoms with Crippen LogP contribution in [0.3, 0.4) is 0 Å². The fraction of sp³-hybridized carbons (Fsp3) is 0.400. The number of likely N-dealkylation sites (tertiary alicyclic amines) is 1.